The lowest BCUT2D eigenvalue weighted by Crippen LogP contribution is -2.00. The van der Waals surface area contributed by atoms with Gasteiger partial charge in [-0.25, -0.2) is 4.39 Å². The van der Waals surface area contributed by atoms with Gasteiger partial charge in [-0.15, -0.1) is 0 Å². The van der Waals surface area contributed by atoms with Crippen molar-refractivity contribution >= 4 is 5.69 Å². The van der Waals surface area contributed by atoms with Gasteiger partial charge in [-0.2, -0.15) is 5.26 Å². The molecule has 0 aliphatic heterocycles. The first-order chi connectivity index (χ1) is 12.5. The van der Waals surface area contributed by atoms with Crippen LogP contribution in [-0.4, -0.2) is 4.98 Å². The molecule has 4 nitrogen and oxygen atoms in total. The maximum Gasteiger partial charge on any atom is 0.143 e. The fourth-order valence-corrected chi connectivity index (χ4v) is 2.77. The number of aromatic nitrogens is 1. The normalized spacial score (nSPS) is 10.4. The predicted molar refractivity (Wildman–Crippen MR) is 99.0 cm³/mol. The molecule has 3 rings (SSSR count). The summed E-state index contributed by atoms with van der Waals surface area (Å²) in [6.07, 6.45) is 0. The van der Waals surface area contributed by atoms with E-state index < -0.39 is 0 Å². The fourth-order valence-electron chi connectivity index (χ4n) is 2.77. The van der Waals surface area contributed by atoms with Gasteiger partial charge in [0.2, 0.25) is 0 Å². The number of pyridine rings is 1. The number of nitrogens with two attached hydrogens (primary N) is 1. The standard InChI is InChI=1S/C21H18FN3O/c1-13-9-18(19(11-23)14(2)25-13)16-5-8-20(24)21(10-16)26-12-15-3-6-17(22)7-4-15/h3-10H,12,24H2,1-2H3. The zero-order valence-corrected chi connectivity index (χ0v) is 14.6. The molecule has 0 amide bonds. The predicted octanol–water partition coefficient (Wildman–Crippen LogP) is 4.54. The van der Waals surface area contributed by atoms with E-state index in [0.29, 0.717) is 22.7 Å². The molecule has 0 aliphatic carbocycles. The molecule has 0 unspecified atom stereocenters. The maximum absolute atomic E-state index is 13.0. The topological polar surface area (TPSA) is 71.9 Å². The molecule has 0 saturated heterocycles. The molecule has 0 spiro atoms. The molecule has 2 N–H and O–H groups in total. The average Bonchev–Trinajstić information content (AvgIpc) is 2.62. The maximum atomic E-state index is 13.0. The highest BCUT2D eigenvalue weighted by molar-refractivity contribution is 5.75. The number of halogens is 1. The van der Waals surface area contributed by atoms with Crippen LogP contribution >= 0.6 is 0 Å². The minimum Gasteiger partial charge on any atom is -0.487 e. The highest BCUT2D eigenvalue weighted by Crippen LogP contribution is 2.32. The Balaban J connectivity index is 1.93. The third-order valence-corrected chi connectivity index (χ3v) is 4.07. The van der Waals surface area contributed by atoms with Crippen molar-refractivity contribution in [1.82, 2.24) is 4.98 Å². The molecule has 3 aromatic rings. The van der Waals surface area contributed by atoms with Gasteiger partial charge < -0.3 is 10.5 Å². The Hall–Kier alpha value is -3.39. The van der Waals surface area contributed by atoms with Crippen molar-refractivity contribution in [2.45, 2.75) is 20.5 Å². The van der Waals surface area contributed by atoms with Crippen molar-refractivity contribution in [1.29, 1.82) is 5.26 Å². The molecule has 130 valence electrons. The first-order valence-corrected chi connectivity index (χ1v) is 8.13. The molecule has 26 heavy (non-hydrogen) atoms. The molecule has 0 atom stereocenters. The smallest absolute Gasteiger partial charge is 0.143 e. The Morgan fingerprint density at radius 3 is 2.54 bits per heavy atom. The molecule has 5 heteroatoms. The number of hydrogen-bond donors (Lipinski definition) is 1. The number of nitriles is 1. The molecule has 0 saturated carbocycles. The molecule has 0 radical (unpaired) electrons. The van der Waals surface area contributed by atoms with Gasteiger partial charge in [-0.3, -0.25) is 4.98 Å². The van der Waals surface area contributed by atoms with Crippen molar-refractivity contribution in [2.24, 2.45) is 0 Å². The van der Waals surface area contributed by atoms with E-state index in [0.717, 1.165) is 22.4 Å². The first-order valence-electron chi connectivity index (χ1n) is 8.13. The second-order valence-electron chi connectivity index (χ2n) is 6.05. The Morgan fingerprint density at radius 1 is 1.12 bits per heavy atom. The van der Waals surface area contributed by atoms with Crippen LogP contribution < -0.4 is 10.5 Å². The van der Waals surface area contributed by atoms with E-state index >= 15 is 0 Å². The van der Waals surface area contributed by atoms with Crippen LogP contribution in [0.4, 0.5) is 10.1 Å². The van der Waals surface area contributed by atoms with Crippen molar-refractivity contribution in [3.63, 3.8) is 0 Å². The third-order valence-electron chi connectivity index (χ3n) is 4.07. The number of nitrogens with zero attached hydrogens (tertiary/aromatic N) is 2. The summed E-state index contributed by atoms with van der Waals surface area (Å²) >= 11 is 0. The van der Waals surface area contributed by atoms with Crippen LogP contribution in [0.1, 0.15) is 22.5 Å². The summed E-state index contributed by atoms with van der Waals surface area (Å²) in [4.78, 5) is 4.34. The second-order valence-corrected chi connectivity index (χ2v) is 6.05. The van der Waals surface area contributed by atoms with E-state index in [-0.39, 0.29) is 12.4 Å². The summed E-state index contributed by atoms with van der Waals surface area (Å²) in [5.74, 6) is 0.227. The lowest BCUT2D eigenvalue weighted by Gasteiger charge is -2.13. The average molecular weight is 347 g/mol. The van der Waals surface area contributed by atoms with Gasteiger partial charge >= 0.3 is 0 Å². The highest BCUT2D eigenvalue weighted by Gasteiger charge is 2.12. The summed E-state index contributed by atoms with van der Waals surface area (Å²) in [7, 11) is 0. The Labute approximate surface area is 151 Å². The van der Waals surface area contributed by atoms with Gasteiger partial charge in [-0.1, -0.05) is 18.2 Å². The number of ether oxygens (including phenoxy) is 1. The van der Waals surface area contributed by atoms with E-state index in [2.05, 4.69) is 11.1 Å². The van der Waals surface area contributed by atoms with Gasteiger partial charge in [0.1, 0.15) is 24.2 Å². The van der Waals surface area contributed by atoms with Crippen LogP contribution in [0.3, 0.4) is 0 Å². The van der Waals surface area contributed by atoms with Gasteiger partial charge in [0, 0.05) is 11.3 Å². The van der Waals surface area contributed by atoms with Crippen LogP contribution in [-0.2, 0) is 6.61 Å². The van der Waals surface area contributed by atoms with Crippen molar-refractivity contribution in [2.75, 3.05) is 5.73 Å². The highest BCUT2D eigenvalue weighted by atomic mass is 19.1. The minimum absolute atomic E-state index is 0.271. The molecule has 1 aromatic heterocycles. The van der Waals surface area contributed by atoms with Crippen LogP contribution in [0.2, 0.25) is 0 Å². The van der Waals surface area contributed by atoms with Crippen LogP contribution in [0.15, 0.2) is 48.5 Å². The summed E-state index contributed by atoms with van der Waals surface area (Å²) in [6.45, 7) is 3.98. The molecular weight excluding hydrogens is 329 g/mol. The van der Waals surface area contributed by atoms with Crippen molar-refractivity contribution < 1.29 is 9.13 Å². The second kappa shape index (κ2) is 7.24. The fraction of sp³-hybridized carbons (Fsp3) is 0.143. The SMILES string of the molecule is Cc1cc(-c2ccc(N)c(OCc3ccc(F)cc3)c2)c(C#N)c(C)n1. The molecule has 0 bridgehead atoms. The lowest BCUT2D eigenvalue weighted by molar-refractivity contribution is 0.308. The number of benzene rings is 2. The number of anilines is 1. The third kappa shape index (κ3) is 3.65. The van der Waals surface area contributed by atoms with Gasteiger partial charge in [-0.05, 0) is 55.3 Å². The molecule has 1 heterocycles. The lowest BCUT2D eigenvalue weighted by atomic mass is 9.98. The minimum atomic E-state index is -0.289. The number of aryl methyl sites for hydroxylation is 2. The zero-order chi connectivity index (χ0) is 18.7. The summed E-state index contributed by atoms with van der Waals surface area (Å²) < 4.78 is 18.8. The van der Waals surface area contributed by atoms with Gasteiger partial charge in [0.25, 0.3) is 0 Å². The van der Waals surface area contributed by atoms with E-state index in [1.165, 1.54) is 12.1 Å². The zero-order valence-electron chi connectivity index (χ0n) is 14.6. The number of nitrogen functional groups attached to an aromatic ring is 1. The summed E-state index contributed by atoms with van der Waals surface area (Å²) in [5, 5.41) is 9.47. The number of rotatable bonds is 4. The molecule has 0 fully saturated rings. The first kappa shape index (κ1) is 17.4. The Kier molecular flexibility index (Phi) is 4.85. The van der Waals surface area contributed by atoms with E-state index in [1.54, 1.807) is 18.2 Å². The van der Waals surface area contributed by atoms with Crippen molar-refractivity contribution in [3.8, 4) is 22.9 Å². The van der Waals surface area contributed by atoms with Crippen LogP contribution in [0, 0.1) is 31.0 Å². The Morgan fingerprint density at radius 2 is 1.85 bits per heavy atom. The van der Waals surface area contributed by atoms with E-state index in [1.807, 2.05) is 32.0 Å². The van der Waals surface area contributed by atoms with E-state index in [4.69, 9.17) is 10.5 Å². The molecular formula is C21H18FN3O. The number of hydrogen-bond acceptors (Lipinski definition) is 4. The van der Waals surface area contributed by atoms with Crippen LogP contribution in [0.5, 0.6) is 5.75 Å². The van der Waals surface area contributed by atoms with E-state index in [9.17, 15) is 9.65 Å². The van der Waals surface area contributed by atoms with Crippen LogP contribution in [0.25, 0.3) is 11.1 Å². The Bertz CT molecular complexity index is 991. The monoisotopic (exact) mass is 347 g/mol. The summed E-state index contributed by atoms with van der Waals surface area (Å²) in [5.41, 5.74) is 11.0. The molecule has 2 aromatic carbocycles. The summed E-state index contributed by atoms with van der Waals surface area (Å²) in [6, 6.07) is 15.6. The van der Waals surface area contributed by atoms with Gasteiger partial charge in [0.05, 0.1) is 16.9 Å². The van der Waals surface area contributed by atoms with Gasteiger partial charge in [0.15, 0.2) is 0 Å². The quantitative estimate of drug-likeness (QED) is 0.704. The largest absolute Gasteiger partial charge is 0.487 e. The van der Waals surface area contributed by atoms with Crippen molar-refractivity contribution in [3.05, 3.63) is 76.9 Å². The molecule has 0 aliphatic rings.